The molecule has 2 aromatic carbocycles. The van der Waals surface area contributed by atoms with Crippen molar-refractivity contribution < 1.29 is 4.79 Å². The van der Waals surface area contributed by atoms with Gasteiger partial charge < -0.3 is 5.32 Å². The quantitative estimate of drug-likeness (QED) is 0.600. The van der Waals surface area contributed by atoms with E-state index in [1.807, 2.05) is 31.2 Å². The van der Waals surface area contributed by atoms with Crippen LogP contribution in [0.3, 0.4) is 0 Å². The first-order valence-electron chi connectivity index (χ1n) is 8.80. The van der Waals surface area contributed by atoms with Crippen LogP contribution in [0.1, 0.15) is 28.7 Å². The largest absolute Gasteiger partial charge is 0.326 e. The van der Waals surface area contributed by atoms with Crippen molar-refractivity contribution in [3.8, 4) is 0 Å². The van der Waals surface area contributed by atoms with Gasteiger partial charge in [0.25, 0.3) is 0 Å². The average Bonchev–Trinajstić information content (AvgIpc) is 2.56. The second-order valence-corrected chi connectivity index (χ2v) is 7.89. The molecule has 0 saturated heterocycles. The molecule has 0 fully saturated rings. The molecular weight excluding hydrogens is 340 g/mol. The lowest BCUT2D eigenvalue weighted by Gasteiger charge is -2.10. The maximum atomic E-state index is 12.1. The summed E-state index contributed by atoms with van der Waals surface area (Å²) >= 11 is 1.63. The second-order valence-electron chi connectivity index (χ2n) is 6.77. The lowest BCUT2D eigenvalue weighted by Crippen LogP contribution is -2.12. The van der Waals surface area contributed by atoms with Gasteiger partial charge in [0.2, 0.25) is 5.91 Å². The second kappa shape index (κ2) is 7.92. The molecule has 0 aliphatic carbocycles. The number of benzene rings is 2. The molecule has 0 atom stereocenters. The predicted octanol–water partition coefficient (Wildman–Crippen LogP) is 5.59. The van der Waals surface area contributed by atoms with Crippen LogP contribution in [-0.2, 0) is 4.79 Å². The maximum Gasteiger partial charge on any atom is 0.225 e. The molecule has 1 N–H and O–H groups in total. The van der Waals surface area contributed by atoms with E-state index in [0.29, 0.717) is 12.2 Å². The molecule has 4 heteroatoms. The Morgan fingerprint density at radius 3 is 2.58 bits per heavy atom. The molecule has 3 rings (SSSR count). The van der Waals surface area contributed by atoms with Crippen molar-refractivity contribution in [1.29, 1.82) is 0 Å². The van der Waals surface area contributed by atoms with Gasteiger partial charge in [0.15, 0.2) is 0 Å². The summed E-state index contributed by atoms with van der Waals surface area (Å²) in [6.45, 7) is 8.35. The molecule has 3 nitrogen and oxygen atoms in total. The molecule has 0 radical (unpaired) electrons. The number of hydrogen-bond acceptors (Lipinski definition) is 3. The van der Waals surface area contributed by atoms with Crippen LogP contribution < -0.4 is 5.32 Å². The average molecular weight is 365 g/mol. The molecule has 1 amide bonds. The van der Waals surface area contributed by atoms with Gasteiger partial charge in [-0.1, -0.05) is 23.8 Å². The van der Waals surface area contributed by atoms with Crippen LogP contribution in [0, 0.1) is 27.7 Å². The van der Waals surface area contributed by atoms with Gasteiger partial charge in [-0.05, 0) is 68.7 Å². The minimum absolute atomic E-state index is 0.0346. The summed E-state index contributed by atoms with van der Waals surface area (Å²) in [6.07, 6.45) is 0.463. The van der Waals surface area contributed by atoms with E-state index >= 15 is 0 Å². The number of hydrogen-bond donors (Lipinski definition) is 1. The van der Waals surface area contributed by atoms with Crippen molar-refractivity contribution in [1.82, 2.24) is 4.98 Å². The Balaban J connectivity index is 1.64. The zero-order valence-corrected chi connectivity index (χ0v) is 16.5. The number of carbonyl (C=O) groups is 1. The number of aryl methyl sites for hydroxylation is 4. The third-order valence-electron chi connectivity index (χ3n) is 4.31. The molecule has 0 saturated carbocycles. The van der Waals surface area contributed by atoms with Crippen molar-refractivity contribution >= 4 is 34.3 Å². The van der Waals surface area contributed by atoms with Gasteiger partial charge in [0, 0.05) is 23.2 Å². The number of nitrogens with one attached hydrogen (secondary N) is 1. The van der Waals surface area contributed by atoms with Crippen LogP contribution in [0.5, 0.6) is 0 Å². The molecule has 3 aromatic rings. The fourth-order valence-corrected chi connectivity index (χ4v) is 4.00. The van der Waals surface area contributed by atoms with Gasteiger partial charge in [-0.3, -0.25) is 4.79 Å². The number of amides is 1. The minimum atomic E-state index is 0.0346. The van der Waals surface area contributed by atoms with Crippen LogP contribution in [-0.4, -0.2) is 16.6 Å². The zero-order valence-electron chi connectivity index (χ0n) is 15.7. The lowest BCUT2D eigenvalue weighted by molar-refractivity contribution is -0.115. The van der Waals surface area contributed by atoms with E-state index in [-0.39, 0.29) is 5.91 Å². The van der Waals surface area contributed by atoms with Crippen molar-refractivity contribution in [3.63, 3.8) is 0 Å². The van der Waals surface area contributed by atoms with Gasteiger partial charge in [-0.15, -0.1) is 11.8 Å². The first kappa shape index (κ1) is 18.5. The summed E-state index contributed by atoms with van der Waals surface area (Å²) in [7, 11) is 0. The summed E-state index contributed by atoms with van der Waals surface area (Å²) in [5.74, 6) is 0.743. The maximum absolute atomic E-state index is 12.1. The van der Waals surface area contributed by atoms with Gasteiger partial charge >= 0.3 is 0 Å². The van der Waals surface area contributed by atoms with E-state index in [1.165, 1.54) is 22.1 Å². The Hall–Kier alpha value is -2.33. The molecule has 134 valence electrons. The Morgan fingerprint density at radius 2 is 1.81 bits per heavy atom. The number of aromatic nitrogens is 1. The fraction of sp³-hybridized carbons (Fsp3) is 0.273. The van der Waals surface area contributed by atoms with Crippen molar-refractivity contribution in [2.24, 2.45) is 0 Å². The van der Waals surface area contributed by atoms with Crippen LogP contribution in [0.15, 0.2) is 47.5 Å². The summed E-state index contributed by atoms with van der Waals surface area (Å²) in [4.78, 5) is 16.9. The van der Waals surface area contributed by atoms with Crippen molar-refractivity contribution in [3.05, 3.63) is 64.7 Å². The SMILES string of the molecule is Cc1cccc(NC(=O)CCSc2cc(C)c3cc(C)cc(C)c3n2)c1. The highest BCUT2D eigenvalue weighted by atomic mass is 32.2. The molecule has 1 heterocycles. The van der Waals surface area contributed by atoms with Crippen LogP contribution >= 0.6 is 11.8 Å². The standard InChI is InChI=1S/C22H24N2OS/c1-14-6-5-7-18(11-14)23-20(25)8-9-26-21-13-16(3)19-12-15(2)10-17(4)22(19)24-21/h5-7,10-13H,8-9H2,1-4H3,(H,23,25). The Kier molecular flexibility index (Phi) is 5.62. The molecule has 0 spiro atoms. The van der Waals surface area contributed by atoms with Gasteiger partial charge in [0.1, 0.15) is 0 Å². The summed E-state index contributed by atoms with van der Waals surface area (Å²) in [5, 5.41) is 5.14. The number of anilines is 1. The summed E-state index contributed by atoms with van der Waals surface area (Å²) in [6, 6.07) is 14.3. The number of fused-ring (bicyclic) bond motifs is 1. The highest BCUT2D eigenvalue weighted by Gasteiger charge is 2.08. The summed E-state index contributed by atoms with van der Waals surface area (Å²) in [5.41, 5.74) is 6.73. The fourth-order valence-electron chi connectivity index (χ4n) is 3.08. The lowest BCUT2D eigenvalue weighted by atomic mass is 10.0. The topological polar surface area (TPSA) is 42.0 Å². The van der Waals surface area contributed by atoms with E-state index in [9.17, 15) is 4.79 Å². The van der Waals surface area contributed by atoms with E-state index < -0.39 is 0 Å². The van der Waals surface area contributed by atoms with Crippen molar-refractivity contribution in [2.45, 2.75) is 39.1 Å². The Bertz CT molecular complexity index is 966. The Morgan fingerprint density at radius 1 is 1.00 bits per heavy atom. The van der Waals surface area contributed by atoms with E-state index in [0.717, 1.165) is 21.8 Å². The van der Waals surface area contributed by atoms with Gasteiger partial charge in [-0.2, -0.15) is 0 Å². The van der Waals surface area contributed by atoms with E-state index in [2.05, 4.69) is 44.3 Å². The predicted molar refractivity (Wildman–Crippen MR) is 111 cm³/mol. The van der Waals surface area contributed by atoms with Crippen LogP contribution in [0.2, 0.25) is 0 Å². The van der Waals surface area contributed by atoms with E-state index in [1.54, 1.807) is 11.8 Å². The molecule has 0 aliphatic heterocycles. The zero-order chi connectivity index (χ0) is 18.7. The molecular formula is C22H24N2OS. The first-order chi connectivity index (χ1) is 12.4. The Labute approximate surface area is 159 Å². The molecule has 0 unspecified atom stereocenters. The minimum Gasteiger partial charge on any atom is -0.326 e. The number of rotatable bonds is 5. The first-order valence-corrected chi connectivity index (χ1v) is 9.79. The third kappa shape index (κ3) is 4.44. The molecule has 0 bridgehead atoms. The van der Waals surface area contributed by atoms with E-state index in [4.69, 9.17) is 4.98 Å². The van der Waals surface area contributed by atoms with Crippen LogP contribution in [0.25, 0.3) is 10.9 Å². The number of pyridine rings is 1. The normalized spacial score (nSPS) is 10.9. The molecule has 26 heavy (non-hydrogen) atoms. The van der Waals surface area contributed by atoms with Crippen molar-refractivity contribution in [2.75, 3.05) is 11.1 Å². The number of nitrogens with zero attached hydrogens (tertiary/aromatic N) is 1. The van der Waals surface area contributed by atoms with Gasteiger partial charge in [0.05, 0.1) is 10.5 Å². The monoisotopic (exact) mass is 364 g/mol. The highest BCUT2D eigenvalue weighted by Crippen LogP contribution is 2.27. The summed E-state index contributed by atoms with van der Waals surface area (Å²) < 4.78 is 0. The van der Waals surface area contributed by atoms with Gasteiger partial charge in [-0.25, -0.2) is 4.98 Å². The molecule has 0 aliphatic rings. The number of thioether (sulfide) groups is 1. The molecule has 1 aromatic heterocycles. The van der Waals surface area contributed by atoms with Crippen LogP contribution in [0.4, 0.5) is 5.69 Å². The third-order valence-corrected chi connectivity index (χ3v) is 5.23. The number of carbonyl (C=O) groups excluding carboxylic acids is 1. The smallest absolute Gasteiger partial charge is 0.225 e. The highest BCUT2D eigenvalue weighted by molar-refractivity contribution is 7.99.